The van der Waals surface area contributed by atoms with E-state index in [0.29, 0.717) is 5.92 Å². The Hall–Kier alpha value is -1.10. The van der Waals surface area contributed by atoms with Crippen molar-refractivity contribution in [3.05, 3.63) is 0 Å². The van der Waals surface area contributed by atoms with Crippen molar-refractivity contribution in [3.63, 3.8) is 0 Å². The molecule has 2 aliphatic carbocycles. The summed E-state index contributed by atoms with van der Waals surface area (Å²) in [6.45, 7) is -0.317. The predicted octanol–water partition coefficient (Wildman–Crippen LogP) is 1.43. The maximum Gasteiger partial charge on any atom is 0.317 e. The Morgan fingerprint density at radius 2 is 1.56 bits per heavy atom. The molecule has 2 unspecified atom stereocenters. The second kappa shape index (κ2) is 5.69. The van der Waals surface area contributed by atoms with E-state index in [2.05, 4.69) is 0 Å². The van der Waals surface area contributed by atoms with Crippen LogP contribution in [0.3, 0.4) is 0 Å². The van der Waals surface area contributed by atoms with Gasteiger partial charge in [0.25, 0.3) is 0 Å². The number of aliphatic carboxylic acids is 2. The van der Waals surface area contributed by atoms with E-state index in [1.807, 2.05) is 0 Å². The fourth-order valence-corrected chi connectivity index (χ4v) is 3.19. The van der Waals surface area contributed by atoms with E-state index < -0.39 is 11.9 Å². The van der Waals surface area contributed by atoms with Crippen LogP contribution in [0.25, 0.3) is 0 Å². The SMILES string of the molecule is O=C(O)CN(CC(=O)O)C1CCCC(C2CC2)C1. The van der Waals surface area contributed by atoms with Gasteiger partial charge in [-0.25, -0.2) is 0 Å². The molecule has 5 heteroatoms. The summed E-state index contributed by atoms with van der Waals surface area (Å²) in [6.07, 6.45) is 6.84. The van der Waals surface area contributed by atoms with Crippen LogP contribution < -0.4 is 0 Å². The summed E-state index contributed by atoms with van der Waals surface area (Å²) < 4.78 is 0. The van der Waals surface area contributed by atoms with Crippen molar-refractivity contribution < 1.29 is 19.8 Å². The first-order chi connectivity index (χ1) is 8.56. The third kappa shape index (κ3) is 3.70. The van der Waals surface area contributed by atoms with Gasteiger partial charge in [-0.2, -0.15) is 0 Å². The van der Waals surface area contributed by atoms with Gasteiger partial charge in [0.05, 0.1) is 13.1 Å². The molecule has 2 rings (SSSR count). The van der Waals surface area contributed by atoms with Crippen LogP contribution in [0.15, 0.2) is 0 Å². The second-order valence-corrected chi connectivity index (χ2v) is 5.61. The Labute approximate surface area is 107 Å². The average molecular weight is 255 g/mol. The smallest absolute Gasteiger partial charge is 0.317 e. The van der Waals surface area contributed by atoms with E-state index >= 15 is 0 Å². The van der Waals surface area contributed by atoms with Crippen LogP contribution in [0.1, 0.15) is 38.5 Å². The summed E-state index contributed by atoms with van der Waals surface area (Å²) in [5.41, 5.74) is 0. The average Bonchev–Trinajstić information content (AvgIpc) is 3.11. The highest BCUT2D eigenvalue weighted by Crippen LogP contribution is 2.44. The number of nitrogens with zero attached hydrogens (tertiary/aromatic N) is 1. The molecule has 0 aliphatic heterocycles. The normalized spacial score (nSPS) is 28.3. The topological polar surface area (TPSA) is 77.8 Å². The number of hydrogen-bond donors (Lipinski definition) is 2. The molecule has 0 aromatic carbocycles. The second-order valence-electron chi connectivity index (χ2n) is 5.61. The number of rotatable bonds is 6. The molecule has 0 amide bonds. The van der Waals surface area contributed by atoms with Crippen molar-refractivity contribution >= 4 is 11.9 Å². The van der Waals surface area contributed by atoms with E-state index in [0.717, 1.165) is 25.2 Å². The van der Waals surface area contributed by atoms with Gasteiger partial charge in [-0.3, -0.25) is 14.5 Å². The number of carboxylic acids is 2. The highest BCUT2D eigenvalue weighted by molar-refractivity contribution is 5.72. The lowest BCUT2D eigenvalue weighted by molar-refractivity contribution is -0.143. The number of carboxylic acid groups (broad SMARTS) is 2. The van der Waals surface area contributed by atoms with Crippen LogP contribution in [-0.2, 0) is 9.59 Å². The predicted molar refractivity (Wildman–Crippen MR) is 65.3 cm³/mol. The first-order valence-electron chi connectivity index (χ1n) is 6.74. The van der Waals surface area contributed by atoms with Crippen molar-refractivity contribution in [2.75, 3.05) is 13.1 Å². The molecule has 0 aromatic rings. The zero-order chi connectivity index (χ0) is 13.1. The first kappa shape index (κ1) is 13.3. The molecule has 2 saturated carbocycles. The molecule has 0 bridgehead atoms. The summed E-state index contributed by atoms with van der Waals surface area (Å²) >= 11 is 0. The van der Waals surface area contributed by atoms with E-state index in [4.69, 9.17) is 10.2 Å². The number of hydrogen-bond acceptors (Lipinski definition) is 3. The summed E-state index contributed by atoms with van der Waals surface area (Å²) in [4.78, 5) is 23.3. The molecule has 2 fully saturated rings. The van der Waals surface area contributed by atoms with Crippen LogP contribution >= 0.6 is 0 Å². The van der Waals surface area contributed by atoms with Crippen molar-refractivity contribution in [1.29, 1.82) is 0 Å². The van der Waals surface area contributed by atoms with Crippen LogP contribution in [0.2, 0.25) is 0 Å². The zero-order valence-corrected chi connectivity index (χ0v) is 10.5. The van der Waals surface area contributed by atoms with E-state index in [1.54, 1.807) is 4.90 Å². The fraction of sp³-hybridized carbons (Fsp3) is 0.846. The molecule has 18 heavy (non-hydrogen) atoms. The summed E-state index contributed by atoms with van der Waals surface area (Å²) in [6, 6.07) is 0.136. The van der Waals surface area contributed by atoms with E-state index in [9.17, 15) is 9.59 Å². The zero-order valence-electron chi connectivity index (χ0n) is 10.5. The van der Waals surface area contributed by atoms with Crippen LogP contribution in [0.5, 0.6) is 0 Å². The molecule has 0 heterocycles. The van der Waals surface area contributed by atoms with Gasteiger partial charge in [-0.05, 0) is 37.5 Å². The molecule has 0 radical (unpaired) electrons. The molecule has 0 spiro atoms. The molecule has 102 valence electrons. The van der Waals surface area contributed by atoms with Gasteiger partial charge >= 0.3 is 11.9 Å². The van der Waals surface area contributed by atoms with Crippen molar-refractivity contribution in [2.24, 2.45) is 11.8 Å². The van der Waals surface area contributed by atoms with Crippen LogP contribution in [0, 0.1) is 11.8 Å². The first-order valence-corrected chi connectivity index (χ1v) is 6.74. The molecular weight excluding hydrogens is 234 g/mol. The van der Waals surface area contributed by atoms with Gasteiger partial charge in [0.1, 0.15) is 0 Å². The molecular formula is C13H21NO4. The lowest BCUT2D eigenvalue weighted by Crippen LogP contribution is -2.44. The van der Waals surface area contributed by atoms with E-state index in [-0.39, 0.29) is 19.1 Å². The molecule has 5 nitrogen and oxygen atoms in total. The van der Waals surface area contributed by atoms with Gasteiger partial charge in [-0.1, -0.05) is 12.8 Å². The van der Waals surface area contributed by atoms with Gasteiger partial charge in [-0.15, -0.1) is 0 Å². The van der Waals surface area contributed by atoms with Gasteiger partial charge in [0.2, 0.25) is 0 Å². The third-order valence-corrected chi connectivity index (χ3v) is 4.17. The summed E-state index contributed by atoms with van der Waals surface area (Å²) in [7, 11) is 0. The molecule has 0 aromatic heterocycles. The molecule has 0 saturated heterocycles. The monoisotopic (exact) mass is 255 g/mol. The van der Waals surface area contributed by atoms with Crippen molar-refractivity contribution in [3.8, 4) is 0 Å². The van der Waals surface area contributed by atoms with E-state index in [1.165, 1.54) is 19.3 Å². The third-order valence-electron chi connectivity index (χ3n) is 4.17. The Bertz CT molecular complexity index is 311. The quantitative estimate of drug-likeness (QED) is 0.750. The molecule has 2 N–H and O–H groups in total. The van der Waals surface area contributed by atoms with Crippen LogP contribution in [-0.4, -0.2) is 46.2 Å². The molecule has 2 aliphatic rings. The lowest BCUT2D eigenvalue weighted by atomic mass is 9.82. The van der Waals surface area contributed by atoms with Crippen molar-refractivity contribution in [1.82, 2.24) is 4.90 Å². The summed E-state index contributed by atoms with van der Waals surface area (Å²) in [5.74, 6) is -0.368. The Kier molecular flexibility index (Phi) is 4.22. The maximum atomic E-state index is 10.8. The van der Waals surface area contributed by atoms with Crippen LogP contribution in [0.4, 0.5) is 0 Å². The van der Waals surface area contributed by atoms with Crippen molar-refractivity contribution in [2.45, 2.75) is 44.6 Å². The Balaban J connectivity index is 1.94. The maximum absolute atomic E-state index is 10.8. The highest BCUT2D eigenvalue weighted by atomic mass is 16.4. The van der Waals surface area contributed by atoms with Gasteiger partial charge in [0, 0.05) is 6.04 Å². The Morgan fingerprint density at radius 3 is 2.06 bits per heavy atom. The fourth-order valence-electron chi connectivity index (χ4n) is 3.19. The van der Waals surface area contributed by atoms with Gasteiger partial charge < -0.3 is 10.2 Å². The minimum Gasteiger partial charge on any atom is -0.480 e. The minimum absolute atomic E-state index is 0.136. The lowest BCUT2D eigenvalue weighted by Gasteiger charge is -2.36. The largest absolute Gasteiger partial charge is 0.480 e. The number of carbonyl (C=O) groups is 2. The summed E-state index contributed by atoms with van der Waals surface area (Å²) in [5, 5.41) is 17.8. The molecule has 2 atom stereocenters. The Morgan fingerprint density at radius 1 is 0.944 bits per heavy atom. The standard InChI is InChI=1S/C13H21NO4/c15-12(16)7-14(8-13(17)18)11-3-1-2-10(6-11)9-4-5-9/h9-11H,1-8H2,(H,15,16)(H,17,18). The highest BCUT2D eigenvalue weighted by Gasteiger charge is 2.36. The van der Waals surface area contributed by atoms with Gasteiger partial charge in [0.15, 0.2) is 0 Å². The minimum atomic E-state index is -0.940.